The lowest BCUT2D eigenvalue weighted by atomic mass is 10.2. The molecule has 0 fully saturated rings. The number of amides is 1. The Labute approximate surface area is 134 Å². The fourth-order valence-corrected chi connectivity index (χ4v) is 3.94. The lowest BCUT2D eigenvalue weighted by Crippen LogP contribution is -2.50. The number of nitrogens with one attached hydrogen (secondary N) is 1. The number of hydrogen-bond donors (Lipinski definition) is 1. The lowest BCUT2D eigenvalue weighted by Gasteiger charge is -2.34. The van der Waals surface area contributed by atoms with Crippen LogP contribution < -0.4 is 14.4 Å². The summed E-state index contributed by atoms with van der Waals surface area (Å²) in [7, 11) is -2.29. The third-order valence-corrected chi connectivity index (χ3v) is 5.40. The number of ether oxygens (including phenoxy) is 1. The average Bonchev–Trinajstić information content (AvgIpc) is 2.60. The van der Waals surface area contributed by atoms with E-state index in [4.69, 9.17) is 4.74 Å². The highest BCUT2D eigenvalue weighted by molar-refractivity contribution is 7.92. The summed E-state index contributed by atoms with van der Waals surface area (Å²) in [4.78, 5) is 12.1. The number of para-hydroxylation sites is 2. The van der Waals surface area contributed by atoms with Gasteiger partial charge in [0.25, 0.3) is 15.9 Å². The molecule has 3 rings (SSSR count). The number of anilines is 1. The second-order valence-corrected chi connectivity index (χ2v) is 6.90. The maximum atomic E-state index is 12.9. The Balaban J connectivity index is 2.08. The summed E-state index contributed by atoms with van der Waals surface area (Å²) in [5.74, 6) is -0.000351. The molecule has 1 amide bonds. The van der Waals surface area contributed by atoms with E-state index in [9.17, 15) is 13.2 Å². The first kappa shape index (κ1) is 15.4. The summed E-state index contributed by atoms with van der Waals surface area (Å²) in [6.45, 7) is -0.0755. The van der Waals surface area contributed by atoms with Crippen molar-refractivity contribution in [2.75, 3.05) is 17.9 Å². The Kier molecular flexibility index (Phi) is 3.96. The van der Waals surface area contributed by atoms with Gasteiger partial charge in [-0.2, -0.15) is 0 Å². The summed E-state index contributed by atoms with van der Waals surface area (Å²) in [5.41, 5.74) is 0.427. The van der Waals surface area contributed by atoms with Crippen LogP contribution in [0.15, 0.2) is 59.5 Å². The molecule has 2 aromatic rings. The van der Waals surface area contributed by atoms with Crippen molar-refractivity contribution < 1.29 is 17.9 Å². The van der Waals surface area contributed by atoms with Gasteiger partial charge < -0.3 is 10.1 Å². The summed E-state index contributed by atoms with van der Waals surface area (Å²) in [5, 5.41) is 2.49. The van der Waals surface area contributed by atoms with Crippen molar-refractivity contribution in [3.8, 4) is 5.75 Å². The molecule has 0 unspecified atom stereocenters. The number of carbonyl (C=O) groups is 1. The van der Waals surface area contributed by atoms with E-state index >= 15 is 0 Å². The van der Waals surface area contributed by atoms with Crippen LogP contribution in [0.25, 0.3) is 0 Å². The largest absolute Gasteiger partial charge is 0.476 e. The van der Waals surface area contributed by atoms with E-state index in [1.165, 1.54) is 23.5 Å². The quantitative estimate of drug-likeness (QED) is 0.921. The van der Waals surface area contributed by atoms with Crippen LogP contribution >= 0.6 is 0 Å². The molecular formula is C16H16N2O4S. The Morgan fingerprint density at radius 2 is 1.78 bits per heavy atom. The Morgan fingerprint density at radius 1 is 1.13 bits per heavy atom. The van der Waals surface area contributed by atoms with Gasteiger partial charge in [-0.1, -0.05) is 30.3 Å². The van der Waals surface area contributed by atoms with E-state index < -0.39 is 16.1 Å². The van der Waals surface area contributed by atoms with Gasteiger partial charge in [-0.05, 0) is 24.3 Å². The van der Waals surface area contributed by atoms with Gasteiger partial charge in [-0.15, -0.1) is 0 Å². The molecule has 23 heavy (non-hydrogen) atoms. The monoisotopic (exact) mass is 332 g/mol. The number of nitrogens with zero attached hydrogens (tertiary/aromatic N) is 1. The highest BCUT2D eigenvalue weighted by Gasteiger charge is 2.36. The molecule has 1 atom stereocenters. The van der Waals surface area contributed by atoms with Gasteiger partial charge >= 0.3 is 0 Å². The minimum atomic E-state index is -3.78. The van der Waals surface area contributed by atoms with Crippen LogP contribution in [0.5, 0.6) is 5.75 Å². The first-order valence-electron chi connectivity index (χ1n) is 7.09. The first-order chi connectivity index (χ1) is 11.0. The van der Waals surface area contributed by atoms with Crippen LogP contribution in [-0.4, -0.2) is 34.0 Å². The number of hydrogen-bond acceptors (Lipinski definition) is 4. The van der Waals surface area contributed by atoms with Crippen LogP contribution in [0.1, 0.15) is 0 Å². The Morgan fingerprint density at radius 3 is 2.48 bits per heavy atom. The SMILES string of the molecule is CNC(=O)[C@H]1CN(S(=O)(=O)c2ccccc2)c2ccccc2O1. The molecule has 0 radical (unpaired) electrons. The molecule has 0 bridgehead atoms. The maximum Gasteiger partial charge on any atom is 0.264 e. The standard InChI is InChI=1S/C16H16N2O4S/c1-17-16(19)15-11-18(13-9-5-6-10-14(13)22-15)23(20,21)12-7-3-2-4-8-12/h2-10,15H,11H2,1H3,(H,17,19)/t15-/m1/s1. The molecule has 0 saturated heterocycles. The lowest BCUT2D eigenvalue weighted by molar-refractivity contribution is -0.127. The number of rotatable bonds is 3. The molecule has 6 nitrogen and oxygen atoms in total. The van der Waals surface area contributed by atoms with Gasteiger partial charge in [0.2, 0.25) is 0 Å². The molecule has 0 saturated carbocycles. The van der Waals surface area contributed by atoms with Crippen molar-refractivity contribution in [2.24, 2.45) is 0 Å². The summed E-state index contributed by atoms with van der Waals surface area (Å²) in [6, 6.07) is 14.9. The molecule has 0 aliphatic carbocycles. The second-order valence-electron chi connectivity index (χ2n) is 5.04. The van der Waals surface area contributed by atoms with Crippen molar-refractivity contribution in [1.29, 1.82) is 0 Å². The van der Waals surface area contributed by atoms with Gasteiger partial charge in [-0.25, -0.2) is 8.42 Å². The van der Waals surface area contributed by atoms with Gasteiger partial charge in [0.05, 0.1) is 17.1 Å². The van der Waals surface area contributed by atoms with Crippen LogP contribution in [0.3, 0.4) is 0 Å². The van der Waals surface area contributed by atoms with Gasteiger partial charge in [0.15, 0.2) is 6.10 Å². The van der Waals surface area contributed by atoms with Crippen molar-refractivity contribution in [1.82, 2.24) is 5.32 Å². The van der Waals surface area contributed by atoms with E-state index in [0.717, 1.165) is 0 Å². The van der Waals surface area contributed by atoms with Crippen molar-refractivity contribution in [3.63, 3.8) is 0 Å². The number of likely N-dealkylation sites (N-methyl/N-ethyl adjacent to an activating group) is 1. The van der Waals surface area contributed by atoms with E-state index in [2.05, 4.69) is 5.32 Å². The molecule has 1 aliphatic heterocycles. The van der Waals surface area contributed by atoms with Crippen molar-refractivity contribution in [3.05, 3.63) is 54.6 Å². The number of benzene rings is 2. The normalized spacial score (nSPS) is 17.1. The molecule has 7 heteroatoms. The molecular weight excluding hydrogens is 316 g/mol. The Hall–Kier alpha value is -2.54. The van der Waals surface area contributed by atoms with Gasteiger partial charge in [0.1, 0.15) is 5.75 Å². The molecule has 0 aromatic heterocycles. The summed E-state index contributed by atoms with van der Waals surface area (Å²) >= 11 is 0. The van der Waals surface area contributed by atoms with Gasteiger partial charge in [-0.3, -0.25) is 9.10 Å². The van der Waals surface area contributed by atoms with E-state index in [-0.39, 0.29) is 17.3 Å². The molecule has 1 heterocycles. The zero-order chi connectivity index (χ0) is 16.4. The highest BCUT2D eigenvalue weighted by atomic mass is 32.2. The maximum absolute atomic E-state index is 12.9. The fourth-order valence-electron chi connectivity index (χ4n) is 2.45. The molecule has 120 valence electrons. The fraction of sp³-hybridized carbons (Fsp3) is 0.188. The minimum absolute atomic E-state index is 0.0755. The summed E-state index contributed by atoms with van der Waals surface area (Å²) < 4.78 is 32.7. The predicted molar refractivity (Wildman–Crippen MR) is 85.9 cm³/mol. The molecule has 1 aliphatic rings. The van der Waals surface area contributed by atoms with Gasteiger partial charge in [0, 0.05) is 7.05 Å². The Bertz CT molecular complexity index is 821. The van der Waals surface area contributed by atoms with Crippen LogP contribution in [-0.2, 0) is 14.8 Å². The minimum Gasteiger partial charge on any atom is -0.476 e. The van der Waals surface area contributed by atoms with Crippen molar-refractivity contribution in [2.45, 2.75) is 11.0 Å². The number of carbonyl (C=O) groups excluding carboxylic acids is 1. The molecule has 2 aromatic carbocycles. The molecule has 1 N–H and O–H groups in total. The zero-order valence-corrected chi connectivity index (χ0v) is 13.3. The van der Waals surface area contributed by atoms with Crippen LogP contribution in [0.2, 0.25) is 0 Å². The van der Waals surface area contributed by atoms with Crippen molar-refractivity contribution >= 4 is 21.6 Å². The molecule has 0 spiro atoms. The third kappa shape index (κ3) is 2.75. The average molecular weight is 332 g/mol. The zero-order valence-electron chi connectivity index (χ0n) is 12.5. The number of fused-ring (bicyclic) bond motifs is 1. The highest BCUT2D eigenvalue weighted by Crippen LogP contribution is 2.36. The number of sulfonamides is 1. The van der Waals surface area contributed by atoms with E-state index in [1.807, 2.05) is 0 Å². The van der Waals surface area contributed by atoms with Crippen LogP contribution in [0.4, 0.5) is 5.69 Å². The second kappa shape index (κ2) is 5.92. The third-order valence-electron chi connectivity index (χ3n) is 3.60. The van der Waals surface area contributed by atoms with E-state index in [0.29, 0.717) is 11.4 Å². The first-order valence-corrected chi connectivity index (χ1v) is 8.53. The smallest absolute Gasteiger partial charge is 0.264 e. The van der Waals surface area contributed by atoms with Crippen LogP contribution in [0, 0.1) is 0 Å². The van der Waals surface area contributed by atoms with E-state index in [1.54, 1.807) is 42.5 Å². The predicted octanol–water partition coefficient (Wildman–Crippen LogP) is 1.39. The topological polar surface area (TPSA) is 75.7 Å². The summed E-state index contributed by atoms with van der Waals surface area (Å²) in [6.07, 6.45) is -0.895.